The van der Waals surface area contributed by atoms with Crippen molar-refractivity contribution in [3.05, 3.63) is 0 Å². The first-order chi connectivity index (χ1) is 4.72. The van der Waals surface area contributed by atoms with Crippen molar-refractivity contribution in [1.29, 1.82) is 0 Å². The lowest BCUT2D eigenvalue weighted by Gasteiger charge is -1.92. The minimum absolute atomic E-state index is 0.979. The summed E-state index contributed by atoms with van der Waals surface area (Å²) in [4.78, 5) is 28.1. The molecule has 0 spiro atoms. The van der Waals surface area contributed by atoms with Gasteiger partial charge in [0.2, 0.25) is 0 Å². The molecule has 5 nitrogen and oxygen atoms in total. The number of carbonyl (C=O) groups excluding carboxylic acids is 3. The zero-order valence-electron chi connectivity index (χ0n) is 5.75. The maximum absolute atomic E-state index is 10.0. The highest BCUT2D eigenvalue weighted by atomic mass is 16.6. The molecule has 5 heteroatoms. The Kier molecular flexibility index (Phi) is 8.68. The van der Waals surface area contributed by atoms with Crippen molar-refractivity contribution in [2.75, 3.05) is 14.2 Å². The Morgan fingerprint density at radius 3 is 1.30 bits per heavy atom. The van der Waals surface area contributed by atoms with Crippen LogP contribution in [0.4, 0.5) is 0 Å². The first kappa shape index (κ1) is 11.4. The van der Waals surface area contributed by atoms with Crippen LogP contribution in [-0.2, 0) is 23.9 Å². The van der Waals surface area contributed by atoms with E-state index >= 15 is 0 Å². The number of hydrogen-bond acceptors (Lipinski definition) is 5. The molecule has 0 radical (unpaired) electrons. The standard InChI is InChI=1S/C4H6O4.CH2O/c1-7-3(5)4(6)8-2;1-2/h1-2H3;1H2. The third kappa shape index (κ3) is 4.76. The van der Waals surface area contributed by atoms with E-state index in [-0.39, 0.29) is 0 Å². The van der Waals surface area contributed by atoms with Gasteiger partial charge in [0.15, 0.2) is 0 Å². The van der Waals surface area contributed by atoms with Crippen LogP contribution in [0.3, 0.4) is 0 Å². The molecule has 0 bridgehead atoms. The summed E-state index contributed by atoms with van der Waals surface area (Å²) < 4.78 is 7.98. The molecule has 0 atom stereocenters. The van der Waals surface area contributed by atoms with Gasteiger partial charge in [0, 0.05) is 0 Å². The second-order valence-corrected chi connectivity index (χ2v) is 0.983. The predicted molar refractivity (Wildman–Crippen MR) is 31.2 cm³/mol. The quantitative estimate of drug-likeness (QED) is 0.330. The molecule has 0 aliphatic carbocycles. The van der Waals surface area contributed by atoms with Crippen molar-refractivity contribution in [2.24, 2.45) is 0 Å². The van der Waals surface area contributed by atoms with Gasteiger partial charge in [-0.2, -0.15) is 0 Å². The van der Waals surface area contributed by atoms with E-state index < -0.39 is 11.9 Å². The lowest BCUT2D eigenvalue weighted by atomic mass is 10.7. The monoisotopic (exact) mass is 148 g/mol. The molecule has 0 heterocycles. The van der Waals surface area contributed by atoms with Crippen molar-refractivity contribution >= 4 is 18.7 Å². The average Bonchev–Trinajstić information content (AvgIpc) is 2.05. The van der Waals surface area contributed by atoms with Crippen molar-refractivity contribution in [1.82, 2.24) is 0 Å². The minimum atomic E-state index is -0.979. The van der Waals surface area contributed by atoms with Crippen molar-refractivity contribution in [3.63, 3.8) is 0 Å². The molecule has 58 valence electrons. The topological polar surface area (TPSA) is 69.7 Å². The van der Waals surface area contributed by atoms with Gasteiger partial charge in [-0.05, 0) is 0 Å². The molecule has 0 aromatic rings. The van der Waals surface area contributed by atoms with Crippen molar-refractivity contribution < 1.29 is 23.9 Å². The van der Waals surface area contributed by atoms with Gasteiger partial charge in [-0.3, -0.25) is 0 Å². The largest absolute Gasteiger partial charge is 0.461 e. The highest BCUT2D eigenvalue weighted by molar-refractivity contribution is 6.29. The predicted octanol–water partition coefficient (Wildman–Crippen LogP) is -0.853. The Morgan fingerprint density at radius 2 is 1.20 bits per heavy atom. The zero-order valence-corrected chi connectivity index (χ0v) is 5.75. The molecule has 0 saturated carbocycles. The van der Waals surface area contributed by atoms with E-state index in [2.05, 4.69) is 9.47 Å². The van der Waals surface area contributed by atoms with Crippen LogP contribution < -0.4 is 0 Å². The number of hydrogen-bond donors (Lipinski definition) is 0. The van der Waals surface area contributed by atoms with Gasteiger partial charge in [-0.25, -0.2) is 9.59 Å². The second kappa shape index (κ2) is 7.61. The molecule has 10 heavy (non-hydrogen) atoms. The summed E-state index contributed by atoms with van der Waals surface area (Å²) in [5.74, 6) is -1.96. The smallest absolute Gasteiger partial charge is 0.417 e. The van der Waals surface area contributed by atoms with Crippen LogP contribution in [0.25, 0.3) is 0 Å². The van der Waals surface area contributed by atoms with Crippen LogP contribution in [0.5, 0.6) is 0 Å². The summed E-state index contributed by atoms with van der Waals surface area (Å²) >= 11 is 0. The fourth-order valence-electron chi connectivity index (χ4n) is 0.167. The summed E-state index contributed by atoms with van der Waals surface area (Å²) in [7, 11) is 2.22. The molecule has 0 aromatic heterocycles. The van der Waals surface area contributed by atoms with Crippen LogP contribution in [0.2, 0.25) is 0 Å². The van der Waals surface area contributed by atoms with Gasteiger partial charge >= 0.3 is 11.9 Å². The van der Waals surface area contributed by atoms with Crippen LogP contribution in [0.15, 0.2) is 0 Å². The van der Waals surface area contributed by atoms with Gasteiger partial charge in [0.25, 0.3) is 0 Å². The molecular weight excluding hydrogens is 140 g/mol. The Bertz CT molecular complexity index is 105. The van der Waals surface area contributed by atoms with Gasteiger partial charge in [-0.1, -0.05) is 0 Å². The normalized spacial score (nSPS) is 6.60. The van der Waals surface area contributed by atoms with Crippen LogP contribution in [-0.4, -0.2) is 32.9 Å². The zero-order chi connectivity index (χ0) is 8.57. The van der Waals surface area contributed by atoms with Gasteiger partial charge < -0.3 is 14.3 Å². The Morgan fingerprint density at radius 1 is 1.00 bits per heavy atom. The molecule has 0 saturated heterocycles. The third-order valence-corrected chi connectivity index (χ3v) is 0.537. The third-order valence-electron chi connectivity index (χ3n) is 0.537. The molecule has 0 rings (SSSR count). The fraction of sp³-hybridized carbons (Fsp3) is 0.400. The fourth-order valence-corrected chi connectivity index (χ4v) is 0.167. The molecule has 0 amide bonds. The summed E-state index contributed by atoms with van der Waals surface area (Å²) in [6.45, 7) is 2.00. The van der Waals surface area contributed by atoms with E-state index in [1.807, 2.05) is 6.79 Å². The van der Waals surface area contributed by atoms with E-state index in [9.17, 15) is 9.59 Å². The summed E-state index contributed by atoms with van der Waals surface area (Å²) in [5, 5.41) is 0. The lowest BCUT2D eigenvalue weighted by molar-refractivity contribution is -0.164. The highest BCUT2D eigenvalue weighted by Crippen LogP contribution is 1.75. The maximum atomic E-state index is 10.0. The van der Waals surface area contributed by atoms with Crippen LogP contribution in [0, 0.1) is 0 Å². The molecule has 0 aromatic carbocycles. The Labute approximate surface area is 57.9 Å². The molecule has 0 fully saturated rings. The Balaban J connectivity index is 0. The van der Waals surface area contributed by atoms with E-state index in [1.165, 1.54) is 0 Å². The van der Waals surface area contributed by atoms with E-state index in [0.29, 0.717) is 0 Å². The number of methoxy groups -OCH3 is 2. The number of rotatable bonds is 0. The van der Waals surface area contributed by atoms with E-state index in [0.717, 1.165) is 14.2 Å². The SMILES string of the molecule is C=O.COC(=O)C(=O)OC. The van der Waals surface area contributed by atoms with Crippen molar-refractivity contribution in [2.45, 2.75) is 0 Å². The lowest BCUT2D eigenvalue weighted by Crippen LogP contribution is -2.16. The number of esters is 2. The number of ether oxygens (including phenoxy) is 2. The van der Waals surface area contributed by atoms with Gasteiger partial charge in [0.1, 0.15) is 6.79 Å². The first-order valence-corrected chi connectivity index (χ1v) is 2.17. The average molecular weight is 148 g/mol. The van der Waals surface area contributed by atoms with Gasteiger partial charge in [-0.15, -0.1) is 0 Å². The minimum Gasteiger partial charge on any atom is -0.461 e. The molecule has 0 N–H and O–H groups in total. The summed E-state index contributed by atoms with van der Waals surface area (Å²) in [5.41, 5.74) is 0. The first-order valence-electron chi connectivity index (χ1n) is 2.17. The van der Waals surface area contributed by atoms with E-state index in [4.69, 9.17) is 4.79 Å². The number of carbonyl (C=O) groups is 3. The molecule has 0 aliphatic heterocycles. The van der Waals surface area contributed by atoms with Gasteiger partial charge in [0.05, 0.1) is 14.2 Å². The summed E-state index contributed by atoms with van der Waals surface area (Å²) in [6.07, 6.45) is 0. The highest BCUT2D eigenvalue weighted by Gasteiger charge is 2.11. The maximum Gasteiger partial charge on any atom is 0.417 e. The molecule has 0 aliphatic rings. The summed E-state index contributed by atoms with van der Waals surface area (Å²) in [6, 6.07) is 0. The van der Waals surface area contributed by atoms with Crippen LogP contribution >= 0.6 is 0 Å². The molecular formula is C5H8O5. The second-order valence-electron chi connectivity index (χ2n) is 0.983. The van der Waals surface area contributed by atoms with E-state index in [1.54, 1.807) is 0 Å². The van der Waals surface area contributed by atoms with Crippen LogP contribution in [0.1, 0.15) is 0 Å². The van der Waals surface area contributed by atoms with Crippen molar-refractivity contribution in [3.8, 4) is 0 Å². The Hall–Kier alpha value is -1.39. The molecule has 0 unspecified atom stereocenters.